The second kappa shape index (κ2) is 11.6. The lowest BCUT2D eigenvalue weighted by molar-refractivity contribution is -0.192. The van der Waals surface area contributed by atoms with Gasteiger partial charge in [-0.2, -0.15) is 0 Å². The molecule has 0 spiro atoms. The number of nitrogens with zero attached hydrogens (tertiary/aromatic N) is 1. The number of rotatable bonds is 9. The summed E-state index contributed by atoms with van der Waals surface area (Å²) in [6.07, 6.45) is -1.40. The Hall–Kier alpha value is -2.90. The van der Waals surface area contributed by atoms with Gasteiger partial charge >= 0.3 is 6.16 Å². The van der Waals surface area contributed by atoms with Gasteiger partial charge in [0.15, 0.2) is 6.04 Å². The first kappa shape index (κ1) is 25.4. The molecule has 2 rings (SSSR count). The normalized spacial score (nSPS) is 14.3. The van der Waals surface area contributed by atoms with Crippen LogP contribution >= 0.6 is 0 Å². The number of ether oxygens (including phenoxy) is 1. The first-order valence-electron chi connectivity index (χ1n) is 10.9. The van der Waals surface area contributed by atoms with Crippen molar-refractivity contribution in [2.24, 2.45) is 0 Å². The van der Waals surface area contributed by atoms with Crippen LogP contribution in [0.3, 0.4) is 0 Å². The minimum absolute atomic E-state index is 0.102. The Morgan fingerprint density at radius 2 is 1.59 bits per heavy atom. The number of benzene rings is 2. The molecular formula is C25H34N2O5. The van der Waals surface area contributed by atoms with E-state index in [0.717, 1.165) is 11.1 Å². The van der Waals surface area contributed by atoms with Gasteiger partial charge < -0.3 is 20.0 Å². The summed E-state index contributed by atoms with van der Waals surface area (Å²) < 4.78 is 5.27. The summed E-state index contributed by atoms with van der Waals surface area (Å²) in [5.74, 6) is -0.449. The molecule has 0 fully saturated rings. The fourth-order valence-corrected chi connectivity index (χ4v) is 3.27. The monoisotopic (exact) mass is 442 g/mol. The number of aliphatic hydroxyl groups excluding tert-OH is 1. The molecule has 7 heteroatoms. The molecule has 2 aromatic carbocycles. The molecule has 0 heterocycles. The van der Waals surface area contributed by atoms with Crippen LogP contribution in [0.5, 0.6) is 0 Å². The van der Waals surface area contributed by atoms with E-state index in [-0.39, 0.29) is 12.6 Å². The van der Waals surface area contributed by atoms with Crippen LogP contribution in [0, 0.1) is 0 Å². The van der Waals surface area contributed by atoms with E-state index >= 15 is 0 Å². The van der Waals surface area contributed by atoms with E-state index in [1.165, 1.54) is 12.0 Å². The second-order valence-electron chi connectivity index (χ2n) is 8.68. The molecule has 0 aliphatic carbocycles. The third-order valence-corrected chi connectivity index (χ3v) is 4.73. The Labute approximate surface area is 190 Å². The van der Waals surface area contributed by atoms with Crippen molar-refractivity contribution in [1.82, 2.24) is 10.4 Å². The highest BCUT2D eigenvalue weighted by molar-refractivity contribution is 5.82. The number of hydrogen-bond acceptors (Lipinski definition) is 6. The highest BCUT2D eigenvalue weighted by Gasteiger charge is 2.35. The van der Waals surface area contributed by atoms with Crippen molar-refractivity contribution < 1.29 is 24.3 Å². The van der Waals surface area contributed by atoms with Crippen LogP contribution in [-0.2, 0) is 20.9 Å². The maximum Gasteiger partial charge on any atom is 0.528 e. The lowest BCUT2D eigenvalue weighted by Gasteiger charge is -2.32. The average Bonchev–Trinajstić information content (AvgIpc) is 2.71. The maximum absolute atomic E-state index is 13.3. The van der Waals surface area contributed by atoms with Crippen LogP contribution in [-0.4, -0.2) is 40.0 Å². The fourth-order valence-electron chi connectivity index (χ4n) is 3.27. The molecule has 7 nitrogen and oxygen atoms in total. The van der Waals surface area contributed by atoms with Gasteiger partial charge in [0.05, 0.1) is 18.7 Å². The summed E-state index contributed by atoms with van der Waals surface area (Å²) in [4.78, 5) is 31.1. The minimum atomic E-state index is -1.14. The van der Waals surface area contributed by atoms with E-state index in [9.17, 15) is 14.7 Å². The molecule has 0 radical (unpaired) electrons. The van der Waals surface area contributed by atoms with Gasteiger partial charge in [0, 0.05) is 0 Å². The SMILES string of the molecule is CC[C@H](NC(=O)[C@@H]([C@H](C)O)N(Cc1ccccc1)OC(=O)OC(C)(C)C)c1ccccc1. The quantitative estimate of drug-likeness (QED) is 0.443. The predicted octanol–water partition coefficient (Wildman–Crippen LogP) is 4.37. The first-order chi connectivity index (χ1) is 15.1. The third kappa shape index (κ3) is 7.98. The van der Waals surface area contributed by atoms with Gasteiger partial charge in [0.25, 0.3) is 0 Å². The molecule has 2 aromatic rings. The number of hydrogen-bond donors (Lipinski definition) is 2. The zero-order chi connectivity index (χ0) is 23.7. The van der Waals surface area contributed by atoms with Crippen molar-refractivity contribution in [2.75, 3.05) is 0 Å². The van der Waals surface area contributed by atoms with Gasteiger partial charge in [-0.3, -0.25) is 4.79 Å². The zero-order valence-electron chi connectivity index (χ0n) is 19.4. The van der Waals surface area contributed by atoms with E-state index in [1.54, 1.807) is 20.8 Å². The van der Waals surface area contributed by atoms with Crippen LogP contribution < -0.4 is 5.32 Å². The summed E-state index contributed by atoms with van der Waals surface area (Å²) in [5.41, 5.74) is 0.999. The van der Waals surface area contributed by atoms with Crippen molar-refractivity contribution in [3.8, 4) is 0 Å². The van der Waals surface area contributed by atoms with Crippen LogP contribution in [0.2, 0.25) is 0 Å². The van der Waals surface area contributed by atoms with E-state index in [4.69, 9.17) is 9.57 Å². The van der Waals surface area contributed by atoms with Gasteiger partial charge in [-0.05, 0) is 45.2 Å². The highest BCUT2D eigenvalue weighted by Crippen LogP contribution is 2.20. The number of nitrogens with one attached hydrogen (secondary N) is 1. The van der Waals surface area contributed by atoms with Gasteiger partial charge in [-0.25, -0.2) is 4.79 Å². The lowest BCUT2D eigenvalue weighted by Crippen LogP contribution is -2.53. The minimum Gasteiger partial charge on any atom is -0.427 e. The molecule has 0 aliphatic heterocycles. The van der Waals surface area contributed by atoms with E-state index < -0.39 is 29.8 Å². The van der Waals surface area contributed by atoms with Gasteiger partial charge in [-0.1, -0.05) is 67.6 Å². The predicted molar refractivity (Wildman–Crippen MR) is 122 cm³/mol. The standard InChI is InChI=1S/C25H34N2O5/c1-6-21(20-15-11-8-12-16-20)26-23(29)22(18(2)28)27(17-19-13-9-7-10-14-19)32-24(30)31-25(3,4)5/h7-16,18,21-22,28H,6,17H2,1-5H3,(H,26,29)/t18-,21-,22+/m0/s1. The molecule has 174 valence electrons. The smallest absolute Gasteiger partial charge is 0.427 e. The van der Waals surface area contributed by atoms with Crippen molar-refractivity contribution in [3.05, 3.63) is 71.8 Å². The topological polar surface area (TPSA) is 88.1 Å². The molecule has 0 bridgehead atoms. The van der Waals surface area contributed by atoms with E-state index in [0.29, 0.717) is 6.42 Å². The zero-order valence-corrected chi connectivity index (χ0v) is 19.4. The van der Waals surface area contributed by atoms with Crippen LogP contribution in [0.4, 0.5) is 4.79 Å². The van der Waals surface area contributed by atoms with Crippen molar-refractivity contribution in [1.29, 1.82) is 0 Å². The first-order valence-corrected chi connectivity index (χ1v) is 10.9. The summed E-state index contributed by atoms with van der Waals surface area (Å²) in [7, 11) is 0. The number of hydroxylamine groups is 2. The molecule has 2 N–H and O–H groups in total. The van der Waals surface area contributed by atoms with Crippen LogP contribution in [0.1, 0.15) is 58.2 Å². The second-order valence-corrected chi connectivity index (χ2v) is 8.68. The van der Waals surface area contributed by atoms with Gasteiger partial charge in [0.1, 0.15) is 5.60 Å². The van der Waals surface area contributed by atoms with Gasteiger partial charge in [-0.15, -0.1) is 5.06 Å². The molecule has 32 heavy (non-hydrogen) atoms. The number of carbonyl (C=O) groups is 2. The fraction of sp³-hybridized carbons (Fsp3) is 0.440. The molecule has 0 aromatic heterocycles. The molecule has 0 saturated heterocycles. The molecule has 3 atom stereocenters. The molecular weight excluding hydrogens is 408 g/mol. The third-order valence-electron chi connectivity index (χ3n) is 4.73. The molecule has 1 amide bonds. The Bertz CT molecular complexity index is 850. The lowest BCUT2D eigenvalue weighted by atomic mass is 10.0. The van der Waals surface area contributed by atoms with E-state index in [2.05, 4.69) is 5.32 Å². The summed E-state index contributed by atoms with van der Waals surface area (Å²) >= 11 is 0. The molecule has 0 aliphatic rings. The van der Waals surface area contributed by atoms with Crippen molar-refractivity contribution in [3.63, 3.8) is 0 Å². The average molecular weight is 443 g/mol. The summed E-state index contributed by atoms with van der Waals surface area (Å²) in [6, 6.07) is 17.5. The Kier molecular flexibility index (Phi) is 9.23. The Morgan fingerprint density at radius 3 is 2.09 bits per heavy atom. The van der Waals surface area contributed by atoms with Crippen LogP contribution in [0.25, 0.3) is 0 Å². The van der Waals surface area contributed by atoms with Gasteiger partial charge in [0.2, 0.25) is 5.91 Å². The summed E-state index contributed by atoms with van der Waals surface area (Å²) in [5, 5.41) is 14.7. The van der Waals surface area contributed by atoms with Crippen LogP contribution in [0.15, 0.2) is 60.7 Å². The Balaban J connectivity index is 2.28. The van der Waals surface area contributed by atoms with E-state index in [1.807, 2.05) is 67.6 Å². The maximum atomic E-state index is 13.3. The highest BCUT2D eigenvalue weighted by atomic mass is 16.8. The number of carbonyl (C=O) groups excluding carboxylic acids is 2. The molecule has 0 unspecified atom stereocenters. The summed E-state index contributed by atoms with van der Waals surface area (Å²) in [6.45, 7) is 8.73. The Morgan fingerprint density at radius 1 is 1.03 bits per heavy atom. The largest absolute Gasteiger partial charge is 0.528 e. The van der Waals surface area contributed by atoms with Crippen molar-refractivity contribution >= 4 is 12.1 Å². The number of amides is 1. The molecule has 0 saturated carbocycles. The number of aliphatic hydroxyl groups is 1. The van der Waals surface area contributed by atoms with Crippen molar-refractivity contribution in [2.45, 2.75) is 71.4 Å².